The predicted molar refractivity (Wildman–Crippen MR) is 179 cm³/mol. The molecule has 2 N–H and O–H groups in total. The monoisotopic (exact) mass is 679 g/mol. The quantitative estimate of drug-likeness (QED) is 0.175. The van der Waals surface area contributed by atoms with Crippen molar-refractivity contribution in [1.82, 2.24) is 15.2 Å². The molecule has 1 heterocycles. The van der Waals surface area contributed by atoms with Crippen LogP contribution in [-0.4, -0.2) is 80.0 Å². The lowest BCUT2D eigenvalue weighted by atomic mass is 9.81. The topological polar surface area (TPSA) is 110 Å². The largest absolute Gasteiger partial charge is 0.492 e. The fourth-order valence-corrected chi connectivity index (χ4v) is 5.61. The van der Waals surface area contributed by atoms with E-state index in [2.05, 4.69) is 10.2 Å². The second-order valence-electron chi connectivity index (χ2n) is 11.1. The van der Waals surface area contributed by atoms with Gasteiger partial charge in [0, 0.05) is 35.4 Å². The van der Waals surface area contributed by atoms with E-state index in [9.17, 15) is 14.7 Å². The molecule has 0 aliphatic heterocycles. The fraction of sp³-hybridized carbons (Fsp3) is 0.424. The zero-order chi connectivity index (χ0) is 31.7. The molecule has 1 fully saturated rings. The van der Waals surface area contributed by atoms with Crippen LogP contribution in [0.5, 0.6) is 11.5 Å². The highest BCUT2D eigenvalue weighted by atomic mass is 35.5. The van der Waals surface area contributed by atoms with Crippen molar-refractivity contribution in [3.05, 3.63) is 64.3 Å². The van der Waals surface area contributed by atoms with Crippen LogP contribution in [0.3, 0.4) is 0 Å². The zero-order valence-electron chi connectivity index (χ0n) is 25.7. The number of benzene rings is 2. The Morgan fingerprint density at radius 1 is 0.933 bits per heavy atom. The zero-order valence-corrected chi connectivity index (χ0v) is 28.1. The number of nitrogens with one attached hydrogen (secondary N) is 1. The molecule has 2 aromatic carbocycles. The Morgan fingerprint density at radius 2 is 1.67 bits per heavy atom. The molecule has 1 aliphatic rings. The van der Waals surface area contributed by atoms with E-state index in [-0.39, 0.29) is 18.1 Å². The minimum Gasteiger partial charge on any atom is -0.492 e. The maximum absolute atomic E-state index is 13.5. The van der Waals surface area contributed by atoms with Crippen LogP contribution in [0.4, 0.5) is 0 Å². The van der Waals surface area contributed by atoms with E-state index in [0.29, 0.717) is 76.6 Å². The summed E-state index contributed by atoms with van der Waals surface area (Å²) in [6.07, 6.45) is 3.95. The highest BCUT2D eigenvalue weighted by molar-refractivity contribution is 6.33. The molecule has 244 valence electrons. The van der Waals surface area contributed by atoms with Gasteiger partial charge in [-0.05, 0) is 75.8 Å². The number of methoxy groups -OCH3 is 1. The number of carbonyl (C=O) groups excluding carboxylic acids is 1. The SMILES string of the molecule is COCCOc1ccc(Cl)c(-c2ccc(C(=O)NC3(C(=O)O)CCCCC3)nc2-c2ccc(Cl)c(OCCCN(C)C)c2)c1.Cl. The Morgan fingerprint density at radius 3 is 2.36 bits per heavy atom. The standard InChI is InChI=1S/C33H39Cl2N3O6.ClH/c1-38(2)16-7-17-44-29-20-22(8-11-27(29)35)30-24(25-21-23(9-12-26(25)34)43-19-18-42-3)10-13-28(36-30)31(39)37-33(32(40)41)14-5-4-6-15-33;/h8-13,20-21H,4-7,14-19H2,1-3H3,(H,37,39)(H,40,41);1H. The molecule has 1 amide bonds. The van der Waals surface area contributed by atoms with Crippen LogP contribution in [0.2, 0.25) is 10.0 Å². The van der Waals surface area contributed by atoms with E-state index in [4.69, 9.17) is 42.4 Å². The predicted octanol–water partition coefficient (Wildman–Crippen LogP) is 7.02. The van der Waals surface area contributed by atoms with E-state index < -0.39 is 17.4 Å². The van der Waals surface area contributed by atoms with Gasteiger partial charge in [-0.3, -0.25) is 4.79 Å². The van der Waals surface area contributed by atoms with Gasteiger partial charge in [-0.2, -0.15) is 0 Å². The van der Waals surface area contributed by atoms with Crippen molar-refractivity contribution in [3.63, 3.8) is 0 Å². The summed E-state index contributed by atoms with van der Waals surface area (Å²) in [6, 6.07) is 14.0. The Labute approximate surface area is 280 Å². The molecule has 3 aromatic rings. The highest BCUT2D eigenvalue weighted by Crippen LogP contribution is 2.39. The molecule has 1 aromatic heterocycles. The molecule has 0 radical (unpaired) electrons. The van der Waals surface area contributed by atoms with Gasteiger partial charge in [0.25, 0.3) is 5.91 Å². The highest BCUT2D eigenvalue weighted by Gasteiger charge is 2.41. The molecule has 45 heavy (non-hydrogen) atoms. The number of carbonyl (C=O) groups is 2. The molecule has 4 rings (SSSR count). The molecule has 9 nitrogen and oxygen atoms in total. The summed E-state index contributed by atoms with van der Waals surface area (Å²) >= 11 is 13.2. The van der Waals surface area contributed by atoms with Crippen LogP contribution in [0.1, 0.15) is 49.0 Å². The number of pyridine rings is 1. The van der Waals surface area contributed by atoms with Crippen LogP contribution >= 0.6 is 35.6 Å². The molecule has 1 aliphatic carbocycles. The molecule has 0 bridgehead atoms. The normalized spacial score (nSPS) is 14.0. The number of hydrogen-bond donors (Lipinski definition) is 2. The number of aromatic nitrogens is 1. The summed E-state index contributed by atoms with van der Waals surface area (Å²) in [7, 11) is 5.60. The van der Waals surface area contributed by atoms with Gasteiger partial charge in [0.05, 0.1) is 23.9 Å². The first-order valence-corrected chi connectivity index (χ1v) is 15.4. The molecular weight excluding hydrogens is 641 g/mol. The molecule has 0 saturated heterocycles. The van der Waals surface area contributed by atoms with E-state index in [1.807, 2.05) is 20.2 Å². The number of rotatable bonds is 14. The summed E-state index contributed by atoms with van der Waals surface area (Å²) in [5.41, 5.74) is 1.16. The van der Waals surface area contributed by atoms with Gasteiger partial charge in [-0.15, -0.1) is 12.4 Å². The minimum atomic E-state index is -1.32. The Bertz CT molecular complexity index is 1460. The van der Waals surface area contributed by atoms with Gasteiger partial charge >= 0.3 is 5.97 Å². The van der Waals surface area contributed by atoms with Gasteiger partial charge in [0.1, 0.15) is 29.3 Å². The molecule has 0 atom stereocenters. The summed E-state index contributed by atoms with van der Waals surface area (Å²) in [6.45, 7) is 2.11. The lowest BCUT2D eigenvalue weighted by Gasteiger charge is -2.33. The second-order valence-corrected chi connectivity index (χ2v) is 11.9. The van der Waals surface area contributed by atoms with E-state index in [1.54, 1.807) is 49.6 Å². The molecule has 0 spiro atoms. The van der Waals surface area contributed by atoms with Crippen molar-refractivity contribution in [1.29, 1.82) is 0 Å². The number of amides is 1. The summed E-state index contributed by atoms with van der Waals surface area (Å²) < 4.78 is 17.0. The van der Waals surface area contributed by atoms with Crippen LogP contribution in [0.15, 0.2) is 48.5 Å². The summed E-state index contributed by atoms with van der Waals surface area (Å²) in [4.78, 5) is 32.6. The van der Waals surface area contributed by atoms with Crippen LogP contribution in [0, 0.1) is 0 Å². The number of hydrogen-bond acceptors (Lipinski definition) is 7. The average Bonchev–Trinajstić information content (AvgIpc) is 3.01. The maximum atomic E-state index is 13.5. The van der Waals surface area contributed by atoms with Crippen molar-refractivity contribution in [2.24, 2.45) is 0 Å². The van der Waals surface area contributed by atoms with E-state index >= 15 is 0 Å². The Balaban J connectivity index is 0.00000552. The first kappa shape index (κ1) is 36.4. The van der Waals surface area contributed by atoms with Gasteiger partial charge in [0.2, 0.25) is 0 Å². The van der Waals surface area contributed by atoms with Crippen molar-refractivity contribution in [2.75, 3.05) is 47.6 Å². The van der Waals surface area contributed by atoms with Crippen molar-refractivity contribution >= 4 is 47.5 Å². The number of carboxylic acid groups (broad SMARTS) is 1. The third-order valence-corrected chi connectivity index (χ3v) is 8.24. The first-order chi connectivity index (χ1) is 21.1. The lowest BCUT2D eigenvalue weighted by molar-refractivity contribution is -0.145. The maximum Gasteiger partial charge on any atom is 0.329 e. The van der Waals surface area contributed by atoms with Gasteiger partial charge in [-0.1, -0.05) is 48.5 Å². The van der Waals surface area contributed by atoms with Gasteiger partial charge < -0.3 is 29.5 Å². The minimum absolute atomic E-state index is 0. The van der Waals surface area contributed by atoms with Crippen LogP contribution in [0.25, 0.3) is 22.4 Å². The lowest BCUT2D eigenvalue weighted by Crippen LogP contribution is -2.55. The van der Waals surface area contributed by atoms with Gasteiger partial charge in [0.15, 0.2) is 0 Å². The average molecular weight is 681 g/mol. The van der Waals surface area contributed by atoms with Gasteiger partial charge in [-0.25, -0.2) is 9.78 Å². The number of carboxylic acids is 1. The molecular formula is C33H40Cl3N3O6. The summed E-state index contributed by atoms with van der Waals surface area (Å²) in [5, 5.41) is 13.7. The number of ether oxygens (including phenoxy) is 3. The molecule has 0 unspecified atom stereocenters. The second kappa shape index (κ2) is 17.0. The number of aliphatic carboxylic acids is 1. The first-order valence-electron chi connectivity index (χ1n) is 14.7. The third-order valence-electron chi connectivity index (χ3n) is 7.59. The van der Waals surface area contributed by atoms with Crippen molar-refractivity contribution in [2.45, 2.75) is 44.1 Å². The molecule has 1 saturated carbocycles. The van der Waals surface area contributed by atoms with Crippen molar-refractivity contribution < 1.29 is 28.9 Å². The Hall–Kier alpha value is -3.08. The fourth-order valence-electron chi connectivity index (χ4n) is 5.22. The summed E-state index contributed by atoms with van der Waals surface area (Å²) in [5.74, 6) is -0.511. The van der Waals surface area contributed by atoms with E-state index in [0.717, 1.165) is 32.2 Å². The van der Waals surface area contributed by atoms with Crippen molar-refractivity contribution in [3.8, 4) is 33.9 Å². The number of halogens is 3. The number of nitrogens with zero attached hydrogens (tertiary/aromatic N) is 2. The smallest absolute Gasteiger partial charge is 0.329 e. The Kier molecular flexibility index (Phi) is 13.8. The third kappa shape index (κ3) is 9.47. The van der Waals surface area contributed by atoms with Crippen LogP contribution < -0.4 is 14.8 Å². The van der Waals surface area contributed by atoms with Crippen LogP contribution in [-0.2, 0) is 9.53 Å². The molecule has 12 heteroatoms. The van der Waals surface area contributed by atoms with E-state index in [1.165, 1.54) is 0 Å².